The van der Waals surface area contributed by atoms with Crippen LogP contribution in [0.5, 0.6) is 0 Å². The van der Waals surface area contributed by atoms with Gasteiger partial charge >= 0.3 is 0 Å². The standard InChI is InChI=1S/C20H25FO4S/c1-18-10-16(24)20(21)13(12(18)4-5-17(18)26(3)25)9-15(23)14-8-11(22)6-7-19(14,20)2/h5-8,12-13,15-16,23-24H,4,9-10H2,1-3H3/t12-,13-,15+,16-,18-,19-,20-,26+/m0/s1. The molecular formula is C20H25FO4S. The van der Waals surface area contributed by atoms with Crippen molar-refractivity contribution in [3.63, 3.8) is 0 Å². The maximum absolute atomic E-state index is 16.7. The number of carbonyl (C=O) groups is 1. The Bertz CT molecular complexity index is 802. The van der Waals surface area contributed by atoms with Gasteiger partial charge in [-0.2, -0.15) is 0 Å². The minimum atomic E-state index is -1.97. The Morgan fingerprint density at radius 3 is 2.62 bits per heavy atom. The predicted octanol–water partition coefficient (Wildman–Crippen LogP) is 2.20. The molecule has 0 aromatic heterocycles. The fourth-order valence-corrected chi connectivity index (χ4v) is 7.45. The predicted molar refractivity (Wildman–Crippen MR) is 97.3 cm³/mol. The van der Waals surface area contributed by atoms with E-state index in [2.05, 4.69) is 0 Å². The van der Waals surface area contributed by atoms with Gasteiger partial charge in [0.1, 0.15) is 0 Å². The van der Waals surface area contributed by atoms with Crippen LogP contribution in [0.25, 0.3) is 0 Å². The van der Waals surface area contributed by atoms with Gasteiger partial charge in [0.25, 0.3) is 0 Å². The van der Waals surface area contributed by atoms with Crippen molar-refractivity contribution in [2.75, 3.05) is 6.26 Å². The fourth-order valence-electron chi connectivity index (χ4n) is 6.23. The van der Waals surface area contributed by atoms with E-state index < -0.39 is 45.4 Å². The smallest absolute Gasteiger partial charge is 0.178 e. The molecule has 2 fully saturated rings. The molecule has 0 saturated heterocycles. The summed E-state index contributed by atoms with van der Waals surface area (Å²) in [6.07, 6.45) is 6.49. The van der Waals surface area contributed by atoms with Gasteiger partial charge in [-0.3, -0.25) is 9.00 Å². The Morgan fingerprint density at radius 1 is 1.27 bits per heavy atom. The largest absolute Gasteiger partial charge is 0.390 e. The van der Waals surface area contributed by atoms with Crippen molar-refractivity contribution in [1.82, 2.24) is 0 Å². The summed E-state index contributed by atoms with van der Waals surface area (Å²) in [5.74, 6) is -0.975. The topological polar surface area (TPSA) is 74.6 Å². The highest BCUT2D eigenvalue weighted by Crippen LogP contribution is 2.67. The molecular weight excluding hydrogens is 355 g/mol. The minimum Gasteiger partial charge on any atom is -0.390 e. The van der Waals surface area contributed by atoms with E-state index in [0.717, 1.165) is 4.91 Å². The highest BCUT2D eigenvalue weighted by atomic mass is 32.2. The minimum absolute atomic E-state index is 0.131. The van der Waals surface area contributed by atoms with Crippen LogP contribution in [0.15, 0.2) is 34.8 Å². The van der Waals surface area contributed by atoms with E-state index in [4.69, 9.17) is 0 Å². The molecule has 4 rings (SSSR count). The summed E-state index contributed by atoms with van der Waals surface area (Å²) in [6.45, 7) is 3.63. The Kier molecular flexibility index (Phi) is 3.83. The molecule has 0 heterocycles. The first-order valence-electron chi connectivity index (χ1n) is 9.10. The van der Waals surface area contributed by atoms with E-state index in [9.17, 15) is 19.2 Å². The van der Waals surface area contributed by atoms with Crippen LogP contribution in [-0.4, -0.2) is 44.3 Å². The number of alkyl halides is 1. The van der Waals surface area contributed by atoms with Gasteiger partial charge in [-0.15, -0.1) is 0 Å². The van der Waals surface area contributed by atoms with E-state index >= 15 is 4.39 Å². The molecule has 0 amide bonds. The van der Waals surface area contributed by atoms with Gasteiger partial charge in [-0.25, -0.2) is 4.39 Å². The van der Waals surface area contributed by atoms with Gasteiger partial charge in [-0.05, 0) is 49.8 Å². The van der Waals surface area contributed by atoms with Crippen molar-refractivity contribution in [1.29, 1.82) is 0 Å². The second-order valence-corrected chi connectivity index (χ2v) is 10.0. The number of allylic oxidation sites excluding steroid dienone is 5. The van der Waals surface area contributed by atoms with Crippen molar-refractivity contribution in [2.45, 2.75) is 51.0 Å². The SMILES string of the molecule is C[S@@](=O)C1=CC[C@H]2[C@@H]3C[C@@H](O)C4=CC(=O)C=C[C@]4(C)[C@@]3(F)[C@@H](O)C[C@]12C. The number of hydrogen-bond donors (Lipinski definition) is 2. The van der Waals surface area contributed by atoms with Crippen LogP contribution in [0, 0.1) is 22.7 Å². The zero-order chi connectivity index (χ0) is 19.1. The third kappa shape index (κ3) is 2.01. The van der Waals surface area contributed by atoms with E-state index in [1.54, 1.807) is 13.2 Å². The van der Waals surface area contributed by atoms with Crippen molar-refractivity contribution in [2.24, 2.45) is 22.7 Å². The summed E-state index contributed by atoms with van der Waals surface area (Å²) in [5, 5.41) is 21.7. The van der Waals surface area contributed by atoms with Crippen LogP contribution < -0.4 is 0 Å². The second-order valence-electron chi connectivity index (χ2n) is 8.67. The number of fused-ring (bicyclic) bond motifs is 5. The lowest BCUT2D eigenvalue weighted by atomic mass is 9.45. The van der Waals surface area contributed by atoms with Crippen LogP contribution in [0.1, 0.15) is 33.1 Å². The van der Waals surface area contributed by atoms with Crippen molar-refractivity contribution >= 4 is 16.6 Å². The first-order chi connectivity index (χ1) is 12.1. The molecule has 0 aliphatic heterocycles. The molecule has 0 spiro atoms. The molecule has 2 N–H and O–H groups in total. The molecule has 0 aromatic carbocycles. The quantitative estimate of drug-likeness (QED) is 0.731. The highest BCUT2D eigenvalue weighted by molar-refractivity contribution is 7.88. The Balaban J connectivity index is 1.85. The van der Waals surface area contributed by atoms with Gasteiger partial charge in [-0.1, -0.05) is 19.1 Å². The number of carbonyl (C=O) groups excluding carboxylic acids is 1. The lowest BCUT2D eigenvalue weighted by Gasteiger charge is -2.62. The number of hydrogen-bond acceptors (Lipinski definition) is 4. The maximum atomic E-state index is 16.7. The average Bonchev–Trinajstić information content (AvgIpc) is 2.89. The van der Waals surface area contributed by atoms with E-state index in [0.29, 0.717) is 12.0 Å². The molecule has 0 aromatic rings. The lowest BCUT2D eigenvalue weighted by molar-refractivity contribution is -0.195. The van der Waals surface area contributed by atoms with Crippen LogP contribution in [0.2, 0.25) is 0 Å². The Labute approximate surface area is 155 Å². The molecule has 0 bridgehead atoms. The van der Waals surface area contributed by atoms with E-state index in [1.165, 1.54) is 18.2 Å². The third-order valence-electron chi connectivity index (χ3n) is 7.49. The Hall–Kier alpha value is -1.11. The molecule has 4 aliphatic rings. The molecule has 8 atom stereocenters. The van der Waals surface area contributed by atoms with Gasteiger partial charge in [0.15, 0.2) is 11.5 Å². The molecule has 0 unspecified atom stereocenters. The number of halogens is 1. The van der Waals surface area contributed by atoms with Crippen LogP contribution in [0.3, 0.4) is 0 Å². The van der Waals surface area contributed by atoms with Crippen LogP contribution in [-0.2, 0) is 15.6 Å². The molecule has 2 saturated carbocycles. The highest BCUT2D eigenvalue weighted by Gasteiger charge is 2.70. The second kappa shape index (κ2) is 5.46. The zero-order valence-corrected chi connectivity index (χ0v) is 16.1. The normalized spacial score (nSPS) is 51.1. The molecule has 0 radical (unpaired) electrons. The summed E-state index contributed by atoms with van der Waals surface area (Å²) in [6, 6.07) is 0. The van der Waals surface area contributed by atoms with Crippen molar-refractivity contribution in [3.8, 4) is 0 Å². The van der Waals surface area contributed by atoms with Crippen LogP contribution >= 0.6 is 0 Å². The number of aliphatic hydroxyl groups is 2. The summed E-state index contributed by atoms with van der Waals surface area (Å²) in [4.78, 5) is 12.6. The number of aliphatic hydroxyl groups excluding tert-OH is 2. The van der Waals surface area contributed by atoms with Crippen LogP contribution in [0.4, 0.5) is 4.39 Å². The maximum Gasteiger partial charge on any atom is 0.178 e. The molecule has 4 aliphatic carbocycles. The monoisotopic (exact) mass is 380 g/mol. The number of rotatable bonds is 1. The summed E-state index contributed by atoms with van der Waals surface area (Å²) >= 11 is 0. The van der Waals surface area contributed by atoms with Gasteiger partial charge in [0, 0.05) is 38.7 Å². The van der Waals surface area contributed by atoms with Crippen molar-refractivity contribution in [3.05, 3.63) is 34.8 Å². The lowest BCUT2D eigenvalue weighted by Crippen LogP contribution is -2.68. The molecule has 26 heavy (non-hydrogen) atoms. The number of ketones is 1. The fraction of sp³-hybridized carbons (Fsp3) is 0.650. The van der Waals surface area contributed by atoms with E-state index in [-0.39, 0.29) is 24.5 Å². The molecule has 4 nitrogen and oxygen atoms in total. The summed E-state index contributed by atoms with van der Waals surface area (Å²) in [5.41, 5.74) is -3.38. The average molecular weight is 380 g/mol. The van der Waals surface area contributed by atoms with Crippen molar-refractivity contribution < 1.29 is 23.6 Å². The summed E-state index contributed by atoms with van der Waals surface area (Å²) < 4.78 is 28.9. The van der Waals surface area contributed by atoms with Gasteiger partial charge < -0.3 is 10.2 Å². The van der Waals surface area contributed by atoms with Gasteiger partial charge in [0.05, 0.1) is 12.2 Å². The molecule has 6 heteroatoms. The third-order valence-corrected chi connectivity index (χ3v) is 8.74. The summed E-state index contributed by atoms with van der Waals surface area (Å²) in [7, 11) is -1.18. The van der Waals surface area contributed by atoms with Gasteiger partial charge in [0.2, 0.25) is 0 Å². The first kappa shape index (κ1) is 18.3. The zero-order valence-electron chi connectivity index (χ0n) is 15.2. The van der Waals surface area contributed by atoms with E-state index in [1.807, 2.05) is 13.0 Å². The molecule has 142 valence electrons. The first-order valence-corrected chi connectivity index (χ1v) is 10.7. The Morgan fingerprint density at radius 2 is 1.96 bits per heavy atom.